The molecular weight excluding hydrogens is 399 g/mol. The first-order valence-corrected chi connectivity index (χ1v) is 9.03. The Morgan fingerprint density at radius 1 is 1.12 bits per heavy atom. The smallest absolute Gasteiger partial charge is 0.267 e. The predicted molar refractivity (Wildman–Crippen MR) is 105 cm³/mol. The minimum absolute atomic E-state index is 0.241. The van der Waals surface area contributed by atoms with Crippen molar-refractivity contribution in [2.75, 3.05) is 0 Å². The minimum Gasteiger partial charge on any atom is -0.267 e. The van der Waals surface area contributed by atoms with Crippen molar-refractivity contribution in [2.24, 2.45) is 0 Å². The van der Waals surface area contributed by atoms with Crippen molar-refractivity contribution in [1.29, 1.82) is 0 Å². The molecule has 0 saturated carbocycles. The topological polar surface area (TPSA) is 49.4 Å². The van der Waals surface area contributed by atoms with Crippen LogP contribution < -0.4 is 5.43 Å². The number of thioether (sulfide) groups is 1. The molecule has 3 rings (SSSR count). The standard InChI is InChI=1S/C17H10Cl2N2O2S2/c18-11-7-5-10(6-8-11)9-14-16(23)21(17(24)25-14)20-15(22)12-3-1-2-4-13(12)19/h1-9H,(H,20,22)/b14-9+. The molecule has 0 spiro atoms. The van der Waals surface area contributed by atoms with Gasteiger partial charge in [-0.15, -0.1) is 0 Å². The molecule has 1 N–H and O–H groups in total. The van der Waals surface area contributed by atoms with Crippen LogP contribution in [0.2, 0.25) is 10.0 Å². The second-order valence-corrected chi connectivity index (χ2v) is 7.51. The average Bonchev–Trinajstić information content (AvgIpc) is 2.85. The number of benzene rings is 2. The highest BCUT2D eigenvalue weighted by Gasteiger charge is 2.34. The fourth-order valence-corrected chi connectivity index (χ4v) is 3.61. The highest BCUT2D eigenvalue weighted by atomic mass is 35.5. The van der Waals surface area contributed by atoms with Crippen molar-refractivity contribution in [3.8, 4) is 0 Å². The van der Waals surface area contributed by atoms with Gasteiger partial charge in [-0.3, -0.25) is 15.0 Å². The zero-order valence-electron chi connectivity index (χ0n) is 12.5. The summed E-state index contributed by atoms with van der Waals surface area (Å²) in [4.78, 5) is 25.2. The fraction of sp³-hybridized carbons (Fsp3) is 0. The lowest BCUT2D eigenvalue weighted by atomic mass is 10.2. The van der Waals surface area contributed by atoms with Gasteiger partial charge in [-0.1, -0.05) is 59.2 Å². The zero-order valence-corrected chi connectivity index (χ0v) is 15.7. The van der Waals surface area contributed by atoms with Gasteiger partial charge in [0.25, 0.3) is 11.8 Å². The molecule has 25 heavy (non-hydrogen) atoms. The lowest BCUT2D eigenvalue weighted by molar-refractivity contribution is -0.123. The molecule has 0 bridgehead atoms. The van der Waals surface area contributed by atoms with Gasteiger partial charge in [0.2, 0.25) is 0 Å². The molecule has 1 fully saturated rings. The zero-order chi connectivity index (χ0) is 18.0. The van der Waals surface area contributed by atoms with E-state index in [9.17, 15) is 9.59 Å². The number of rotatable bonds is 3. The van der Waals surface area contributed by atoms with Crippen molar-refractivity contribution >= 4 is 69.4 Å². The SMILES string of the molecule is O=C(NN1C(=O)/C(=C\c2ccc(Cl)cc2)SC1=S)c1ccccc1Cl. The molecule has 1 saturated heterocycles. The number of carbonyl (C=O) groups excluding carboxylic acids is 2. The Balaban J connectivity index is 1.79. The lowest BCUT2D eigenvalue weighted by Crippen LogP contribution is -2.44. The van der Waals surface area contributed by atoms with Gasteiger partial charge < -0.3 is 0 Å². The van der Waals surface area contributed by atoms with E-state index in [0.29, 0.717) is 15.0 Å². The Kier molecular flexibility index (Phi) is 5.44. The maximum atomic E-state index is 12.5. The van der Waals surface area contributed by atoms with Gasteiger partial charge in [0.05, 0.1) is 15.5 Å². The third-order valence-corrected chi connectivity index (χ3v) is 5.18. The van der Waals surface area contributed by atoms with Gasteiger partial charge in [0.15, 0.2) is 4.32 Å². The highest BCUT2D eigenvalue weighted by Crippen LogP contribution is 2.31. The number of hydrogen-bond acceptors (Lipinski definition) is 4. The van der Waals surface area contributed by atoms with Crippen molar-refractivity contribution in [2.45, 2.75) is 0 Å². The quantitative estimate of drug-likeness (QED) is 0.598. The van der Waals surface area contributed by atoms with E-state index in [-0.39, 0.29) is 9.88 Å². The molecule has 4 nitrogen and oxygen atoms in total. The summed E-state index contributed by atoms with van der Waals surface area (Å²) in [6.07, 6.45) is 1.69. The van der Waals surface area contributed by atoms with Crippen molar-refractivity contribution < 1.29 is 9.59 Å². The average molecular weight is 409 g/mol. The Hall–Kier alpha value is -1.86. The number of hydrogen-bond donors (Lipinski definition) is 1. The van der Waals surface area contributed by atoms with E-state index >= 15 is 0 Å². The number of halogens is 2. The molecule has 1 aliphatic rings. The van der Waals surface area contributed by atoms with E-state index in [2.05, 4.69) is 5.43 Å². The van der Waals surface area contributed by atoms with Crippen molar-refractivity contribution in [1.82, 2.24) is 10.4 Å². The fourth-order valence-electron chi connectivity index (χ4n) is 2.08. The maximum Gasteiger partial charge on any atom is 0.285 e. The van der Waals surface area contributed by atoms with E-state index in [1.165, 1.54) is 0 Å². The number of nitrogens with zero attached hydrogens (tertiary/aromatic N) is 1. The van der Waals surface area contributed by atoms with Crippen LogP contribution in [0.3, 0.4) is 0 Å². The molecule has 8 heteroatoms. The summed E-state index contributed by atoms with van der Waals surface area (Å²) in [5, 5.41) is 1.95. The van der Waals surface area contributed by atoms with Crippen LogP contribution in [0.5, 0.6) is 0 Å². The van der Waals surface area contributed by atoms with Crippen LogP contribution >= 0.6 is 47.2 Å². The van der Waals surface area contributed by atoms with E-state index in [0.717, 1.165) is 22.3 Å². The highest BCUT2D eigenvalue weighted by molar-refractivity contribution is 8.26. The largest absolute Gasteiger partial charge is 0.285 e. The Morgan fingerprint density at radius 2 is 1.80 bits per heavy atom. The number of amides is 2. The Morgan fingerprint density at radius 3 is 2.48 bits per heavy atom. The van der Waals surface area contributed by atoms with Crippen molar-refractivity contribution in [3.63, 3.8) is 0 Å². The maximum absolute atomic E-state index is 12.5. The van der Waals surface area contributed by atoms with Gasteiger partial charge in [-0.2, -0.15) is 5.01 Å². The first-order valence-electron chi connectivity index (χ1n) is 7.05. The van der Waals surface area contributed by atoms with Crippen LogP contribution in [0, 0.1) is 0 Å². The summed E-state index contributed by atoms with van der Waals surface area (Å²) in [5.41, 5.74) is 3.57. The van der Waals surface area contributed by atoms with E-state index < -0.39 is 11.8 Å². The molecule has 2 aromatic carbocycles. The van der Waals surface area contributed by atoms with E-state index in [1.54, 1.807) is 54.6 Å². The molecule has 0 radical (unpaired) electrons. The summed E-state index contributed by atoms with van der Waals surface area (Å²) < 4.78 is 0.241. The monoisotopic (exact) mass is 408 g/mol. The first kappa shape index (κ1) is 17.9. The Labute approximate surface area is 163 Å². The molecule has 0 atom stereocenters. The summed E-state index contributed by atoms with van der Waals surface area (Å²) in [7, 11) is 0. The minimum atomic E-state index is -0.505. The van der Waals surface area contributed by atoms with Crippen LogP contribution in [0.1, 0.15) is 15.9 Å². The van der Waals surface area contributed by atoms with Gasteiger partial charge >= 0.3 is 0 Å². The summed E-state index contributed by atoms with van der Waals surface area (Å²) >= 11 is 18.2. The van der Waals surface area contributed by atoms with Crippen LogP contribution in [0.25, 0.3) is 6.08 Å². The second kappa shape index (κ2) is 7.58. The Bertz CT molecular complexity index is 898. The third kappa shape index (κ3) is 4.04. The third-order valence-electron chi connectivity index (χ3n) is 3.29. The van der Waals surface area contributed by atoms with E-state index in [1.807, 2.05) is 0 Å². The molecule has 126 valence electrons. The molecule has 0 aromatic heterocycles. The molecule has 0 unspecified atom stereocenters. The van der Waals surface area contributed by atoms with Gasteiger partial charge in [0, 0.05) is 5.02 Å². The van der Waals surface area contributed by atoms with Crippen LogP contribution in [0.15, 0.2) is 53.4 Å². The van der Waals surface area contributed by atoms with Crippen LogP contribution in [-0.2, 0) is 4.79 Å². The summed E-state index contributed by atoms with van der Waals surface area (Å²) in [5.74, 6) is -0.903. The van der Waals surface area contributed by atoms with Crippen molar-refractivity contribution in [3.05, 3.63) is 74.6 Å². The number of nitrogens with one attached hydrogen (secondary N) is 1. The molecular formula is C17H10Cl2N2O2S2. The number of hydrazine groups is 1. The van der Waals surface area contributed by atoms with E-state index in [4.69, 9.17) is 35.4 Å². The number of thiocarbonyl (C=S) groups is 1. The molecule has 1 aliphatic heterocycles. The second-order valence-electron chi connectivity index (χ2n) is 4.99. The van der Waals surface area contributed by atoms with Crippen LogP contribution in [-0.4, -0.2) is 21.1 Å². The van der Waals surface area contributed by atoms with Gasteiger partial charge in [-0.05, 0) is 48.1 Å². The van der Waals surface area contributed by atoms with Gasteiger partial charge in [-0.25, -0.2) is 0 Å². The summed E-state index contributed by atoms with van der Waals surface area (Å²) in [6.45, 7) is 0. The van der Waals surface area contributed by atoms with Crippen LogP contribution in [0.4, 0.5) is 0 Å². The van der Waals surface area contributed by atoms with Gasteiger partial charge in [0.1, 0.15) is 0 Å². The lowest BCUT2D eigenvalue weighted by Gasteiger charge is -2.16. The predicted octanol–water partition coefficient (Wildman–Crippen LogP) is 4.54. The molecule has 2 amide bonds. The first-order chi connectivity index (χ1) is 12.0. The molecule has 0 aliphatic carbocycles. The normalized spacial score (nSPS) is 15.8. The number of carbonyl (C=O) groups is 2. The molecule has 2 aromatic rings. The summed E-state index contributed by atoms with van der Waals surface area (Å²) in [6, 6.07) is 13.6. The molecule has 1 heterocycles.